The Labute approximate surface area is 854 Å². The number of nitrogens with two attached hydrogens (primary N) is 3. The Bertz CT molecular complexity index is 4800. The first-order chi connectivity index (χ1) is 60.8. The normalized spacial score (nSPS) is 20.5. The van der Waals surface area contributed by atoms with E-state index >= 15 is 19.2 Å². The van der Waals surface area contributed by atoms with Crippen molar-refractivity contribution in [3.05, 3.63) is 62.8 Å². The molecule has 0 saturated heterocycles. The van der Waals surface area contributed by atoms with Gasteiger partial charge in [-0.3, -0.25) is 67.6 Å². The third kappa shape index (κ3) is 37.0. The molecular weight excluding hydrogens is 1930 g/mol. The number of carboxylic acids is 5. The van der Waals surface area contributed by atoms with Crippen molar-refractivity contribution < 1.29 is 205 Å². The molecule has 0 aromatic carbocycles. The van der Waals surface area contributed by atoms with Crippen LogP contribution in [0.2, 0.25) is 0 Å². The van der Waals surface area contributed by atoms with Gasteiger partial charge in [0.2, 0.25) is 65.0 Å². The first-order valence-corrected chi connectivity index (χ1v) is 46.6. The maximum absolute atomic E-state index is 15.5. The zero-order valence-corrected chi connectivity index (χ0v) is 86.0. The molecule has 0 spiro atoms. The van der Waals surface area contributed by atoms with E-state index in [-0.39, 0.29) is 177 Å². The van der Waals surface area contributed by atoms with Gasteiger partial charge in [0.05, 0.1) is 48.2 Å². The Hall–Kier alpha value is -8.89. The summed E-state index contributed by atoms with van der Waals surface area (Å²) in [4.78, 5) is 246. The molecular formula is C80H123FeN23Na2O26S4. The Morgan fingerprint density at radius 1 is 0.603 bits per heavy atom. The number of carbonyl (C=O) groups is 16. The molecule has 4 unspecified atom stereocenters. The fourth-order valence-electron chi connectivity index (χ4n) is 14.1. The van der Waals surface area contributed by atoms with Crippen molar-refractivity contribution in [2.24, 2.45) is 39.0 Å². The van der Waals surface area contributed by atoms with Crippen molar-refractivity contribution in [1.29, 1.82) is 0 Å². The number of amidine groups is 2. The molecule has 33 N–H and O–H groups in total. The molecule has 4 aliphatic rings. The maximum atomic E-state index is 15.5. The number of H-pyrrole nitrogens is 1. The number of hydrogen-bond donors (Lipinski definition) is 22. The van der Waals surface area contributed by atoms with Crippen LogP contribution in [-0.2, 0) is 107 Å². The Balaban J connectivity index is 0.0000260. The van der Waals surface area contributed by atoms with E-state index in [9.17, 15) is 88.2 Å². The topological polar surface area (TPSA) is 854 Å². The summed E-state index contributed by atoms with van der Waals surface area (Å²) in [6, 6.07) is -18.0. The van der Waals surface area contributed by atoms with Crippen LogP contribution >= 0.6 is 43.2 Å². The van der Waals surface area contributed by atoms with Crippen molar-refractivity contribution in [1.82, 2.24) is 78.4 Å². The first-order valence-electron chi connectivity index (χ1n) is 41.8. The first kappa shape index (κ1) is 127. The van der Waals surface area contributed by atoms with Gasteiger partial charge in [-0.1, -0.05) is 70.9 Å². The number of hydrogen-bond acceptors (Lipinski definition) is 32. The van der Waals surface area contributed by atoms with E-state index in [0.29, 0.717) is 51.0 Å². The minimum atomic E-state index is -1.94. The molecule has 0 radical (unpaired) electrons. The number of aliphatic hydroxyl groups is 1. The van der Waals surface area contributed by atoms with Crippen molar-refractivity contribution >= 4 is 173 Å². The van der Waals surface area contributed by atoms with Crippen LogP contribution in [0.1, 0.15) is 179 Å². The molecule has 49 nitrogen and oxygen atoms in total. The second kappa shape index (κ2) is 60.2. The van der Waals surface area contributed by atoms with E-state index in [1.807, 2.05) is 0 Å². The third-order valence-corrected chi connectivity index (χ3v) is 27.3. The Morgan fingerprint density at radius 3 is 1.76 bits per heavy atom. The number of aliphatic hydroxyl groups excluding tert-OH is 1. The van der Waals surface area contributed by atoms with Crippen LogP contribution in [0.3, 0.4) is 0 Å². The molecule has 136 heavy (non-hydrogen) atoms. The number of aromatic nitrogens is 4. The molecule has 16 atom stereocenters. The summed E-state index contributed by atoms with van der Waals surface area (Å²) in [6.07, 6.45) is -5.20. The number of amides is 11. The summed E-state index contributed by atoms with van der Waals surface area (Å²) in [7, 11) is 4.38. The number of carbonyl (C=O) groups excluding carboxylic acids is 13. The maximum Gasteiger partial charge on any atom is 2.00 e. The van der Waals surface area contributed by atoms with Crippen molar-refractivity contribution in [3.63, 3.8) is 0 Å². The Morgan fingerprint density at radius 2 is 1.18 bits per heavy atom. The van der Waals surface area contributed by atoms with Gasteiger partial charge in [0.1, 0.15) is 60.4 Å². The number of unbranched alkanes of at least 4 members (excludes halogenated alkanes) is 1. The van der Waals surface area contributed by atoms with Gasteiger partial charge in [0.15, 0.2) is 0 Å². The van der Waals surface area contributed by atoms with E-state index in [4.69, 9.17) is 37.2 Å². The summed E-state index contributed by atoms with van der Waals surface area (Å²) < 4.78 is 0. The average Bonchev–Trinajstić information content (AvgIpc) is 1.61. The predicted molar refractivity (Wildman–Crippen MR) is 490 cm³/mol. The van der Waals surface area contributed by atoms with Gasteiger partial charge >= 0.3 is 94.1 Å². The predicted octanol–water partition coefficient (Wildman–Crippen LogP) is -12.3. The standard InChI is InChI=1S/C80H119N23O22S4.Fe.2Na.4H2O/c1-32(2)59(83)77(121)89-47(19-24-55(110)111)72(116)88-45(15-13-14-26-81)71(115)92-50-29-126-128-41(12)58-37(8)65-101-68(58)99-63-35(6)44(17-23-54(108)109)67(98-63)103-66-43(16-22-53(106)107)34(5)62(97-66)96-64-36(7)57(69(100-64)102-65)40(11)129-127-30-51(93-73(117)46(18-21-52(82)105)87-70(114)38(9)86-75(50)119)76(120)91-49(27-42-28-84-31-85-42)74(118)95-61(39(10)104)79(123)94-60(33(3)4)78(122)90-48(80(124)125)20-25-56(112)113;;;;;;;/h28,31-33,38-41,45-51,59-62,66,97,104H,13-27,29-30,81,83H2,1-12H3,(H23,82,84,85,86,87,88,89,90,91,92,93,94,95,96,98,99,100,101,102,103,105,106,107,108,109,110,111,112,113,114,115,116,117,118,119,120,121,122,123,124,125);;;;4*1H2/q;+2;2*+1;;;;/p-4/t38-,39+,40?,41?,45-,46-,47-,48-,49-,50-,51-,59-,60-,61-,62?,66?;;;;;;;/m0......./s1. The van der Waals surface area contributed by atoms with Crippen LogP contribution in [0.5, 0.6) is 0 Å². The monoisotopic (exact) mass is 2050 g/mol. The average molecular weight is 2050 g/mol. The van der Waals surface area contributed by atoms with Gasteiger partial charge in [0.25, 0.3) is 0 Å². The SMILES string of the molecule is CC1=C2C3=N/C1=N\c1[n-]c(c(C)c1C(C)SSC[C@@H](C(=O)N[C@@H](Cc1c[nH]cn1)C(=O)N[C@H](C(=O)N[C@H](C(=O)N[C@@H](CCC(=O)O)C(=O)O)C(C)C)[C@@H](C)O)NC(=O)[C@H](CCC(N)=O)NC(=O)[C@H](C)NC(=O)[C@@H](NC(=O)[C@H](CCCCN)NC(=O)[C@H](CCC(=O)O)NC(=O)[C@@H](N)C(C)C)CSSC2C)NC1NC(Nc2[n-]c(c(C)c2CCC(=O)[O-])N3)C(CCC(=O)[O-])=C1C.O.O.O.O.[Fe+2].[Na+].[Na+]. The molecule has 7 heterocycles. The largest absolute Gasteiger partial charge is 2.00 e. The van der Waals surface area contributed by atoms with Gasteiger partial charge < -0.3 is 168 Å². The zero-order chi connectivity index (χ0) is 95.7. The van der Waals surface area contributed by atoms with Gasteiger partial charge in [-0.05, 0) is 183 Å². The van der Waals surface area contributed by atoms with Gasteiger partial charge in [-0.2, -0.15) is 0 Å². The van der Waals surface area contributed by atoms with Gasteiger partial charge in [-0.15, -0.1) is 0 Å². The summed E-state index contributed by atoms with van der Waals surface area (Å²) >= 11 is 0. The molecule has 0 aliphatic carbocycles. The molecule has 56 heteroatoms. The van der Waals surface area contributed by atoms with Crippen LogP contribution < -0.4 is 171 Å². The minimum absolute atomic E-state index is 0. The van der Waals surface area contributed by atoms with E-state index in [1.54, 1.807) is 55.4 Å². The number of rotatable bonds is 39. The number of carboxylic acid groups (broad SMARTS) is 5. The number of aliphatic imine (C=N–C) groups is 2. The number of nitrogens with zero attached hydrogens (tertiary/aromatic N) is 5. The van der Waals surface area contributed by atoms with Crippen molar-refractivity contribution in [2.75, 3.05) is 34.0 Å². The molecule has 3 aromatic rings. The van der Waals surface area contributed by atoms with Gasteiger partial charge in [0, 0.05) is 89.1 Å². The van der Waals surface area contributed by atoms with Gasteiger partial charge in [-0.25, -0.2) is 14.8 Å². The molecule has 0 saturated carbocycles. The molecule has 748 valence electrons. The fourth-order valence-corrected chi connectivity index (χ4v) is 19.3. The van der Waals surface area contributed by atoms with Crippen LogP contribution in [0.25, 0.3) is 0 Å². The van der Waals surface area contributed by atoms with E-state index in [0.717, 1.165) is 39.3 Å². The number of imidazole rings is 1. The fraction of sp³-hybridized carbons (Fsp3) is 0.588. The van der Waals surface area contributed by atoms with Crippen LogP contribution in [-0.4, -0.2) is 267 Å². The van der Waals surface area contributed by atoms with Crippen LogP contribution in [0, 0.1) is 25.7 Å². The second-order valence-corrected chi connectivity index (χ2v) is 37.8. The molecule has 0 fully saturated rings. The number of aliphatic carboxylic acids is 5. The van der Waals surface area contributed by atoms with Crippen LogP contribution in [0.4, 0.5) is 23.3 Å². The molecule has 7 rings (SSSR count). The molecule has 3 aromatic heterocycles. The Kier molecular flexibility index (Phi) is 56.2. The van der Waals surface area contributed by atoms with Crippen LogP contribution in [0.15, 0.2) is 44.8 Å². The summed E-state index contributed by atoms with van der Waals surface area (Å²) in [5.41, 5.74) is 21.9. The van der Waals surface area contributed by atoms with E-state index in [1.165, 1.54) is 44.1 Å². The van der Waals surface area contributed by atoms with E-state index < -0.39 is 266 Å². The quantitative estimate of drug-likeness (QED) is 0.0109. The number of fused-ring (bicyclic) bond motifs is 6. The third-order valence-electron chi connectivity index (χ3n) is 21.6. The number of primary amides is 1. The summed E-state index contributed by atoms with van der Waals surface area (Å²) in [6.45, 7) is 19.3. The molecule has 4 aliphatic heterocycles. The molecule has 11 amide bonds. The summed E-state index contributed by atoms with van der Waals surface area (Å²) in [5, 5.41) is 102. The summed E-state index contributed by atoms with van der Waals surface area (Å²) in [5.74, 6) is -19.4. The number of aromatic amines is 1. The minimum Gasteiger partial charge on any atom is -0.550 e. The van der Waals surface area contributed by atoms with E-state index in [2.05, 4.69) is 84.4 Å². The number of anilines is 3. The smallest absolute Gasteiger partial charge is 0.550 e. The molecule has 9 bridgehead atoms. The zero-order valence-electron chi connectivity index (χ0n) is 77.7. The second-order valence-electron chi connectivity index (χ2n) is 32.3. The number of nitrogens with one attached hydrogen (secondary N) is 15. The van der Waals surface area contributed by atoms with Crippen molar-refractivity contribution in [3.8, 4) is 0 Å². The van der Waals surface area contributed by atoms with Crippen molar-refractivity contribution in [2.45, 2.75) is 268 Å².